The SMILES string of the molecule is N#Cc1cncc(C#Cc2ccc(F)c([N+](=O)[O-])c2)c1. The Kier molecular flexibility index (Phi) is 3.69. The number of pyridine rings is 1. The zero-order valence-corrected chi connectivity index (χ0v) is 10.0. The van der Waals surface area contributed by atoms with Gasteiger partial charge in [-0.2, -0.15) is 9.65 Å². The van der Waals surface area contributed by atoms with Gasteiger partial charge in [0.25, 0.3) is 0 Å². The normalized spacial score (nSPS) is 9.20. The van der Waals surface area contributed by atoms with Gasteiger partial charge < -0.3 is 0 Å². The summed E-state index contributed by atoms with van der Waals surface area (Å²) in [5.74, 6) is 4.47. The molecule has 0 amide bonds. The molecule has 6 heteroatoms. The largest absolute Gasteiger partial charge is 0.306 e. The molecule has 1 aromatic carbocycles. The van der Waals surface area contributed by atoms with E-state index in [4.69, 9.17) is 5.26 Å². The highest BCUT2D eigenvalue weighted by Crippen LogP contribution is 2.17. The molecule has 0 atom stereocenters. The Morgan fingerprint density at radius 2 is 1.85 bits per heavy atom. The molecule has 0 fully saturated rings. The van der Waals surface area contributed by atoms with Crippen LogP contribution in [0.4, 0.5) is 10.1 Å². The average molecular weight is 267 g/mol. The summed E-state index contributed by atoms with van der Waals surface area (Å²) in [7, 11) is 0. The van der Waals surface area contributed by atoms with Crippen LogP contribution in [0.3, 0.4) is 0 Å². The lowest BCUT2D eigenvalue weighted by Crippen LogP contribution is -1.92. The zero-order chi connectivity index (χ0) is 14.5. The molecular weight excluding hydrogens is 261 g/mol. The van der Waals surface area contributed by atoms with E-state index in [1.165, 1.54) is 24.5 Å². The topological polar surface area (TPSA) is 79.8 Å². The molecule has 0 saturated heterocycles. The Balaban J connectivity index is 2.36. The van der Waals surface area contributed by atoms with Gasteiger partial charge in [0.1, 0.15) is 6.07 Å². The number of hydrogen-bond acceptors (Lipinski definition) is 4. The zero-order valence-electron chi connectivity index (χ0n) is 10.0. The number of halogens is 1. The van der Waals surface area contributed by atoms with Gasteiger partial charge in [0.2, 0.25) is 5.82 Å². The maximum atomic E-state index is 13.1. The van der Waals surface area contributed by atoms with Crippen LogP contribution in [0.25, 0.3) is 0 Å². The molecule has 0 N–H and O–H groups in total. The maximum absolute atomic E-state index is 13.1. The van der Waals surface area contributed by atoms with E-state index >= 15 is 0 Å². The summed E-state index contributed by atoms with van der Waals surface area (Å²) in [6.07, 6.45) is 2.86. The second kappa shape index (κ2) is 5.59. The number of benzene rings is 1. The highest BCUT2D eigenvalue weighted by Gasteiger charge is 2.13. The van der Waals surface area contributed by atoms with Crippen molar-refractivity contribution < 1.29 is 9.31 Å². The van der Waals surface area contributed by atoms with E-state index in [2.05, 4.69) is 16.8 Å². The van der Waals surface area contributed by atoms with Gasteiger partial charge in [0.05, 0.1) is 10.5 Å². The van der Waals surface area contributed by atoms with Gasteiger partial charge in [0.15, 0.2) is 0 Å². The van der Waals surface area contributed by atoms with E-state index in [0.717, 1.165) is 12.1 Å². The van der Waals surface area contributed by atoms with Crippen molar-refractivity contribution in [3.63, 3.8) is 0 Å². The lowest BCUT2D eigenvalue weighted by Gasteiger charge is -1.94. The summed E-state index contributed by atoms with van der Waals surface area (Å²) in [4.78, 5) is 13.6. The summed E-state index contributed by atoms with van der Waals surface area (Å²) in [6, 6.07) is 6.86. The molecule has 2 aromatic rings. The summed E-state index contributed by atoms with van der Waals surface area (Å²) in [5.41, 5.74) is 0.541. The highest BCUT2D eigenvalue weighted by molar-refractivity contribution is 5.48. The van der Waals surface area contributed by atoms with E-state index in [-0.39, 0.29) is 0 Å². The van der Waals surface area contributed by atoms with Crippen LogP contribution in [0, 0.1) is 39.1 Å². The molecule has 0 aliphatic rings. The predicted molar refractivity (Wildman–Crippen MR) is 68.0 cm³/mol. The number of nitrogens with zero attached hydrogens (tertiary/aromatic N) is 3. The fourth-order valence-corrected chi connectivity index (χ4v) is 1.44. The molecule has 0 aliphatic heterocycles. The van der Waals surface area contributed by atoms with E-state index in [9.17, 15) is 14.5 Å². The average Bonchev–Trinajstić information content (AvgIpc) is 2.46. The number of aromatic nitrogens is 1. The van der Waals surface area contributed by atoms with E-state index < -0.39 is 16.4 Å². The first kappa shape index (κ1) is 13.2. The Morgan fingerprint density at radius 3 is 2.55 bits per heavy atom. The standard InChI is InChI=1S/C14H6FN3O2/c15-13-4-3-10(6-14(13)18(19)20)1-2-11-5-12(7-16)9-17-8-11/h3-6,8-9H. The van der Waals surface area contributed by atoms with E-state index in [1.54, 1.807) is 0 Å². The summed E-state index contributed by atoms with van der Waals surface area (Å²) >= 11 is 0. The van der Waals surface area contributed by atoms with Crippen LogP contribution in [-0.2, 0) is 0 Å². The van der Waals surface area contributed by atoms with E-state index in [1.807, 2.05) is 6.07 Å². The Labute approximate surface area is 113 Å². The van der Waals surface area contributed by atoms with Crippen molar-refractivity contribution >= 4 is 5.69 Å². The Hall–Kier alpha value is -3.25. The molecule has 0 spiro atoms. The summed E-state index contributed by atoms with van der Waals surface area (Å²) < 4.78 is 13.1. The van der Waals surface area contributed by atoms with Crippen LogP contribution < -0.4 is 0 Å². The highest BCUT2D eigenvalue weighted by atomic mass is 19.1. The third-order valence-corrected chi connectivity index (χ3v) is 2.36. The van der Waals surface area contributed by atoms with Crippen molar-refractivity contribution in [3.8, 4) is 17.9 Å². The lowest BCUT2D eigenvalue weighted by atomic mass is 10.1. The minimum Gasteiger partial charge on any atom is -0.262 e. The van der Waals surface area contributed by atoms with Gasteiger partial charge in [-0.05, 0) is 18.2 Å². The predicted octanol–water partition coefficient (Wildman–Crippen LogP) is 2.40. The van der Waals surface area contributed by atoms with Crippen molar-refractivity contribution in [2.24, 2.45) is 0 Å². The van der Waals surface area contributed by atoms with Gasteiger partial charge in [-0.25, -0.2) is 0 Å². The van der Waals surface area contributed by atoms with Gasteiger partial charge in [-0.1, -0.05) is 11.8 Å². The first-order chi connectivity index (χ1) is 9.60. The van der Waals surface area contributed by atoms with Crippen LogP contribution >= 0.6 is 0 Å². The first-order valence-electron chi connectivity index (χ1n) is 5.41. The van der Waals surface area contributed by atoms with Crippen molar-refractivity contribution in [1.82, 2.24) is 4.98 Å². The quantitative estimate of drug-likeness (QED) is 0.451. The first-order valence-corrected chi connectivity index (χ1v) is 5.41. The van der Waals surface area contributed by atoms with Crippen LogP contribution in [0.5, 0.6) is 0 Å². The third-order valence-electron chi connectivity index (χ3n) is 2.36. The fourth-order valence-electron chi connectivity index (χ4n) is 1.44. The monoisotopic (exact) mass is 267 g/mol. The van der Waals surface area contributed by atoms with Gasteiger partial charge in [0, 0.05) is 29.6 Å². The van der Waals surface area contributed by atoms with Gasteiger partial charge >= 0.3 is 5.69 Å². The number of nitriles is 1. The van der Waals surface area contributed by atoms with Crippen LogP contribution in [0.1, 0.15) is 16.7 Å². The van der Waals surface area contributed by atoms with Crippen molar-refractivity contribution in [3.05, 3.63) is 69.3 Å². The van der Waals surface area contributed by atoms with Crippen LogP contribution in [-0.4, -0.2) is 9.91 Å². The second-order valence-electron chi connectivity index (χ2n) is 3.75. The molecule has 2 rings (SSSR count). The molecule has 0 bridgehead atoms. The molecule has 96 valence electrons. The molecule has 5 nitrogen and oxygen atoms in total. The van der Waals surface area contributed by atoms with Crippen LogP contribution in [0.2, 0.25) is 0 Å². The third kappa shape index (κ3) is 2.95. The molecule has 20 heavy (non-hydrogen) atoms. The molecule has 0 saturated carbocycles. The minimum absolute atomic E-state index is 0.306. The van der Waals surface area contributed by atoms with Crippen molar-refractivity contribution in [2.45, 2.75) is 0 Å². The minimum atomic E-state index is -0.909. The number of nitro groups is 1. The lowest BCUT2D eigenvalue weighted by molar-refractivity contribution is -0.387. The smallest absolute Gasteiger partial charge is 0.262 e. The van der Waals surface area contributed by atoms with Gasteiger partial charge in [-0.3, -0.25) is 15.1 Å². The maximum Gasteiger partial charge on any atom is 0.306 e. The molecule has 0 aliphatic carbocycles. The second-order valence-corrected chi connectivity index (χ2v) is 3.75. The molecule has 1 aromatic heterocycles. The summed E-state index contributed by atoms with van der Waals surface area (Å²) in [5, 5.41) is 19.3. The number of rotatable bonds is 1. The Morgan fingerprint density at radius 1 is 1.15 bits per heavy atom. The molecule has 0 unspecified atom stereocenters. The summed E-state index contributed by atoms with van der Waals surface area (Å²) in [6.45, 7) is 0. The fraction of sp³-hybridized carbons (Fsp3) is 0. The number of nitro benzene ring substituents is 1. The molecule has 1 heterocycles. The van der Waals surface area contributed by atoms with Crippen molar-refractivity contribution in [2.75, 3.05) is 0 Å². The van der Waals surface area contributed by atoms with Crippen molar-refractivity contribution in [1.29, 1.82) is 5.26 Å². The molecular formula is C14H6FN3O2. The Bertz CT molecular complexity index is 785. The van der Waals surface area contributed by atoms with Crippen LogP contribution in [0.15, 0.2) is 36.7 Å². The number of hydrogen-bond donors (Lipinski definition) is 0. The van der Waals surface area contributed by atoms with Gasteiger partial charge in [-0.15, -0.1) is 0 Å². The van der Waals surface area contributed by atoms with E-state index in [0.29, 0.717) is 16.7 Å². The molecule has 0 radical (unpaired) electrons.